The quantitative estimate of drug-likeness (QED) is 0.252. The lowest BCUT2D eigenvalue weighted by molar-refractivity contribution is 0.0692. The van der Waals surface area contributed by atoms with E-state index in [0.717, 1.165) is 22.9 Å². The lowest BCUT2D eigenvalue weighted by Crippen LogP contribution is -2.49. The number of carbonyl (C=O) groups is 2. The summed E-state index contributed by atoms with van der Waals surface area (Å²) in [5, 5.41) is 11.7. The van der Waals surface area contributed by atoms with Crippen molar-refractivity contribution in [3.8, 4) is 22.8 Å². The first-order chi connectivity index (χ1) is 20.8. The summed E-state index contributed by atoms with van der Waals surface area (Å²) in [4.78, 5) is 33.9. The van der Waals surface area contributed by atoms with Crippen molar-refractivity contribution in [2.75, 3.05) is 37.7 Å². The van der Waals surface area contributed by atoms with Gasteiger partial charge in [0.1, 0.15) is 28.9 Å². The normalized spacial score (nSPS) is 13.4. The lowest BCUT2D eigenvalue weighted by atomic mass is 10.0. The van der Waals surface area contributed by atoms with Gasteiger partial charge < -0.3 is 19.6 Å². The molecule has 0 bridgehead atoms. The summed E-state index contributed by atoms with van der Waals surface area (Å²) in [5.74, 6) is -2.14. The van der Waals surface area contributed by atoms with Crippen LogP contribution in [0.4, 0.5) is 14.5 Å². The van der Waals surface area contributed by atoms with E-state index in [4.69, 9.17) is 4.74 Å². The molecule has 1 aromatic heterocycles. The number of aromatic carboxylic acids is 1. The zero-order valence-corrected chi connectivity index (χ0v) is 23.3. The second kappa shape index (κ2) is 11.6. The van der Waals surface area contributed by atoms with Gasteiger partial charge in [-0.3, -0.25) is 9.36 Å². The van der Waals surface area contributed by atoms with Gasteiger partial charge in [0, 0.05) is 44.5 Å². The fourth-order valence-corrected chi connectivity index (χ4v) is 5.40. The number of amides is 1. The molecule has 1 aliphatic heterocycles. The highest BCUT2D eigenvalue weighted by atomic mass is 19.1. The molecule has 0 radical (unpaired) electrons. The molecule has 1 saturated heterocycles. The van der Waals surface area contributed by atoms with Crippen LogP contribution in [0, 0.1) is 11.6 Å². The summed E-state index contributed by atoms with van der Waals surface area (Å²) in [6.45, 7) is 3.81. The second-order valence-corrected chi connectivity index (χ2v) is 10.2. The van der Waals surface area contributed by atoms with Crippen LogP contribution in [0.25, 0.3) is 27.8 Å². The molecule has 8 nitrogen and oxygen atoms in total. The van der Waals surface area contributed by atoms with Crippen LogP contribution in [0.2, 0.25) is 0 Å². The number of nitrogens with zero attached hydrogens (tertiary/aromatic N) is 4. The van der Waals surface area contributed by atoms with Crippen LogP contribution in [0.1, 0.15) is 27.8 Å². The average Bonchev–Trinajstić information content (AvgIpc) is 3.45. The van der Waals surface area contributed by atoms with Gasteiger partial charge in [-0.05, 0) is 54.1 Å². The number of halogens is 2. The van der Waals surface area contributed by atoms with Crippen molar-refractivity contribution in [1.82, 2.24) is 14.5 Å². The topological polar surface area (TPSA) is 87.9 Å². The number of benzene rings is 4. The molecule has 2 heterocycles. The number of hydrogen-bond acceptors (Lipinski definition) is 5. The van der Waals surface area contributed by atoms with E-state index < -0.39 is 17.6 Å². The summed E-state index contributed by atoms with van der Waals surface area (Å²) in [6.07, 6.45) is 1.55. The minimum absolute atomic E-state index is 0.0459. The Hall–Kier alpha value is -5.25. The Morgan fingerprint density at radius 3 is 2.35 bits per heavy atom. The number of fused-ring (bicyclic) bond motifs is 1. The standard InChI is InChI=1S/C33H28F2N4O4/c1-2-43-25-9-5-8-24(19-25)39-20-29(36-31(39)26-11-10-23(34)18-28(26)35)32(40)38-14-12-37(13-15-38)30-17-22-7-4-3-6-21(22)16-27(30)33(41)42/h3-11,16-20H,2,12-15H2,1H3,(H,41,42). The smallest absolute Gasteiger partial charge is 0.337 e. The summed E-state index contributed by atoms with van der Waals surface area (Å²) < 4.78 is 35.9. The minimum Gasteiger partial charge on any atom is -0.494 e. The molecule has 1 N–H and O–H groups in total. The Balaban J connectivity index is 1.29. The molecule has 1 fully saturated rings. The van der Waals surface area contributed by atoms with Crippen molar-refractivity contribution in [1.29, 1.82) is 0 Å². The molecule has 218 valence electrons. The van der Waals surface area contributed by atoms with Gasteiger partial charge in [-0.1, -0.05) is 30.3 Å². The Morgan fingerprint density at radius 1 is 0.907 bits per heavy atom. The third kappa shape index (κ3) is 5.51. The monoisotopic (exact) mass is 582 g/mol. The molecule has 10 heteroatoms. The third-order valence-electron chi connectivity index (χ3n) is 7.51. The van der Waals surface area contributed by atoms with E-state index >= 15 is 0 Å². The van der Waals surface area contributed by atoms with E-state index in [0.29, 0.717) is 49.9 Å². The molecule has 1 aliphatic rings. The molecule has 43 heavy (non-hydrogen) atoms. The zero-order chi connectivity index (χ0) is 30.1. The molecule has 0 atom stereocenters. The van der Waals surface area contributed by atoms with Gasteiger partial charge in [0.05, 0.1) is 29.1 Å². The highest BCUT2D eigenvalue weighted by Crippen LogP contribution is 2.30. The van der Waals surface area contributed by atoms with Gasteiger partial charge in [0.2, 0.25) is 0 Å². The zero-order valence-electron chi connectivity index (χ0n) is 23.3. The van der Waals surface area contributed by atoms with Crippen LogP contribution in [0.15, 0.2) is 85.1 Å². The fraction of sp³-hybridized carbons (Fsp3) is 0.182. The Morgan fingerprint density at radius 2 is 1.65 bits per heavy atom. The summed E-state index contributed by atoms with van der Waals surface area (Å²) in [7, 11) is 0. The van der Waals surface area contributed by atoms with Crippen LogP contribution in [0.5, 0.6) is 5.75 Å². The molecule has 0 aliphatic carbocycles. The van der Waals surface area contributed by atoms with Crippen LogP contribution >= 0.6 is 0 Å². The molecule has 0 spiro atoms. The number of hydrogen-bond donors (Lipinski definition) is 1. The average molecular weight is 583 g/mol. The molecule has 1 amide bonds. The van der Waals surface area contributed by atoms with Gasteiger partial charge in [-0.15, -0.1) is 0 Å². The predicted molar refractivity (Wildman–Crippen MR) is 159 cm³/mol. The van der Waals surface area contributed by atoms with Gasteiger partial charge in [-0.25, -0.2) is 18.6 Å². The Bertz CT molecular complexity index is 1850. The van der Waals surface area contributed by atoms with E-state index in [9.17, 15) is 23.5 Å². The van der Waals surface area contributed by atoms with Crippen LogP contribution in [-0.4, -0.2) is 64.2 Å². The van der Waals surface area contributed by atoms with Crippen LogP contribution in [-0.2, 0) is 0 Å². The molecule has 6 rings (SSSR count). The number of ether oxygens (including phenoxy) is 1. The van der Waals surface area contributed by atoms with Crippen molar-refractivity contribution in [2.45, 2.75) is 6.92 Å². The van der Waals surface area contributed by atoms with E-state index in [-0.39, 0.29) is 28.6 Å². The highest BCUT2D eigenvalue weighted by molar-refractivity contribution is 6.01. The molecule has 0 saturated carbocycles. The number of imidazole rings is 1. The second-order valence-electron chi connectivity index (χ2n) is 10.2. The van der Waals surface area contributed by atoms with Crippen LogP contribution < -0.4 is 9.64 Å². The number of rotatable bonds is 7. The van der Waals surface area contributed by atoms with Gasteiger partial charge in [-0.2, -0.15) is 0 Å². The number of aromatic nitrogens is 2. The predicted octanol–water partition coefficient (Wildman–Crippen LogP) is 6.03. The van der Waals surface area contributed by atoms with Gasteiger partial charge >= 0.3 is 5.97 Å². The molecule has 4 aromatic carbocycles. The first kappa shape index (κ1) is 27.9. The summed E-state index contributed by atoms with van der Waals surface area (Å²) >= 11 is 0. The maximum absolute atomic E-state index is 14.9. The van der Waals surface area contributed by atoms with E-state index in [1.165, 1.54) is 6.07 Å². The maximum Gasteiger partial charge on any atom is 0.337 e. The highest BCUT2D eigenvalue weighted by Gasteiger charge is 2.28. The van der Waals surface area contributed by atoms with Crippen molar-refractivity contribution in [3.05, 3.63) is 108 Å². The lowest BCUT2D eigenvalue weighted by Gasteiger charge is -2.36. The van der Waals surface area contributed by atoms with E-state index in [1.54, 1.807) is 46.0 Å². The number of carboxylic acid groups (broad SMARTS) is 1. The summed E-state index contributed by atoms with van der Waals surface area (Å²) in [5.41, 5.74) is 1.55. The largest absolute Gasteiger partial charge is 0.494 e. The van der Waals surface area contributed by atoms with Crippen LogP contribution in [0.3, 0.4) is 0 Å². The van der Waals surface area contributed by atoms with Crippen molar-refractivity contribution in [2.24, 2.45) is 0 Å². The number of piperazine rings is 1. The number of carboxylic acids is 1. The molecular weight excluding hydrogens is 554 g/mol. The van der Waals surface area contributed by atoms with Crippen molar-refractivity contribution < 1.29 is 28.2 Å². The Labute approximate surface area is 246 Å². The van der Waals surface area contributed by atoms with Gasteiger partial charge in [0.25, 0.3) is 5.91 Å². The van der Waals surface area contributed by atoms with Gasteiger partial charge in [0.15, 0.2) is 0 Å². The van der Waals surface area contributed by atoms with Crippen molar-refractivity contribution in [3.63, 3.8) is 0 Å². The van der Waals surface area contributed by atoms with E-state index in [2.05, 4.69) is 4.98 Å². The molecule has 5 aromatic rings. The molecule has 0 unspecified atom stereocenters. The van der Waals surface area contributed by atoms with Crippen molar-refractivity contribution >= 4 is 28.3 Å². The first-order valence-corrected chi connectivity index (χ1v) is 13.9. The minimum atomic E-state index is -1.02. The fourth-order valence-electron chi connectivity index (χ4n) is 5.40. The SMILES string of the molecule is CCOc1cccc(-n2cc(C(=O)N3CCN(c4cc5ccccc5cc4C(=O)O)CC3)nc2-c2ccc(F)cc2F)c1. The number of carbonyl (C=O) groups excluding carboxylic acids is 1. The summed E-state index contributed by atoms with van der Waals surface area (Å²) in [6, 6.07) is 21.5. The first-order valence-electron chi connectivity index (χ1n) is 13.9. The Kier molecular flexibility index (Phi) is 7.50. The number of anilines is 1. The maximum atomic E-state index is 14.9. The molecular formula is C33H28F2N4O4. The third-order valence-corrected chi connectivity index (χ3v) is 7.51. The van der Waals surface area contributed by atoms with E-state index in [1.807, 2.05) is 42.2 Å².